The molecule has 0 saturated carbocycles. The topological polar surface area (TPSA) is 68.3 Å². The van der Waals surface area contributed by atoms with Gasteiger partial charge in [0, 0.05) is 11.6 Å². The maximum atomic E-state index is 12.7. The SMILES string of the molecule is NCCc1cn(N2C(=O)c3ccccc3C2=O)c2ccccc12. The molecule has 2 heterocycles. The molecule has 3 aromatic rings. The van der Waals surface area contributed by atoms with Crippen LogP contribution in [-0.4, -0.2) is 23.0 Å². The summed E-state index contributed by atoms with van der Waals surface area (Å²) in [5, 5.41) is 2.21. The summed E-state index contributed by atoms with van der Waals surface area (Å²) in [5.41, 5.74) is 8.41. The molecular formula is C18H15N3O2. The molecule has 114 valence electrons. The zero-order valence-corrected chi connectivity index (χ0v) is 12.4. The molecule has 0 bridgehead atoms. The summed E-state index contributed by atoms with van der Waals surface area (Å²) in [6.07, 6.45) is 2.52. The fourth-order valence-corrected chi connectivity index (χ4v) is 3.12. The first-order valence-corrected chi connectivity index (χ1v) is 7.49. The molecule has 2 aromatic carbocycles. The van der Waals surface area contributed by atoms with Gasteiger partial charge < -0.3 is 5.73 Å². The number of rotatable bonds is 3. The molecule has 0 atom stereocenters. The van der Waals surface area contributed by atoms with E-state index in [0.29, 0.717) is 24.1 Å². The van der Waals surface area contributed by atoms with Gasteiger partial charge in [-0.15, -0.1) is 0 Å². The second-order valence-electron chi connectivity index (χ2n) is 5.52. The number of fused-ring (bicyclic) bond motifs is 2. The summed E-state index contributed by atoms with van der Waals surface area (Å²) < 4.78 is 1.64. The fourth-order valence-electron chi connectivity index (χ4n) is 3.12. The third-order valence-corrected chi connectivity index (χ3v) is 4.18. The number of hydrogen-bond donors (Lipinski definition) is 1. The van der Waals surface area contributed by atoms with E-state index in [1.54, 1.807) is 28.9 Å². The molecule has 0 fully saturated rings. The van der Waals surface area contributed by atoms with Gasteiger partial charge in [-0.25, -0.2) is 4.68 Å². The molecule has 4 rings (SSSR count). The van der Waals surface area contributed by atoms with Gasteiger partial charge in [0.1, 0.15) is 0 Å². The van der Waals surface area contributed by atoms with E-state index >= 15 is 0 Å². The highest BCUT2D eigenvalue weighted by atomic mass is 16.2. The Morgan fingerprint density at radius 2 is 1.48 bits per heavy atom. The van der Waals surface area contributed by atoms with Crippen LogP contribution in [0.15, 0.2) is 54.7 Å². The van der Waals surface area contributed by atoms with Crippen molar-refractivity contribution in [2.45, 2.75) is 6.42 Å². The minimum atomic E-state index is -0.300. The Morgan fingerprint density at radius 3 is 2.13 bits per heavy atom. The number of nitrogens with zero attached hydrogens (tertiary/aromatic N) is 2. The molecule has 2 N–H and O–H groups in total. The zero-order chi connectivity index (χ0) is 16.0. The Hall–Kier alpha value is -2.92. The Kier molecular flexibility index (Phi) is 3.02. The first-order chi connectivity index (χ1) is 11.2. The molecule has 1 aromatic heterocycles. The second-order valence-corrected chi connectivity index (χ2v) is 5.52. The molecule has 5 nitrogen and oxygen atoms in total. The summed E-state index contributed by atoms with van der Waals surface area (Å²) >= 11 is 0. The first kappa shape index (κ1) is 13.7. The average Bonchev–Trinajstić information content (AvgIpc) is 3.05. The van der Waals surface area contributed by atoms with Gasteiger partial charge in [0.15, 0.2) is 0 Å². The molecule has 2 amide bonds. The van der Waals surface area contributed by atoms with Gasteiger partial charge in [-0.05, 0) is 36.7 Å². The Bertz CT molecular complexity index is 907. The third-order valence-electron chi connectivity index (χ3n) is 4.18. The van der Waals surface area contributed by atoms with Crippen LogP contribution in [0.5, 0.6) is 0 Å². The molecule has 0 unspecified atom stereocenters. The van der Waals surface area contributed by atoms with Crippen molar-refractivity contribution >= 4 is 22.7 Å². The third kappa shape index (κ3) is 1.90. The molecule has 1 aliphatic rings. The summed E-state index contributed by atoms with van der Waals surface area (Å²) in [6.45, 7) is 0.510. The van der Waals surface area contributed by atoms with E-state index in [0.717, 1.165) is 16.5 Å². The fraction of sp³-hybridized carbons (Fsp3) is 0.111. The highest BCUT2D eigenvalue weighted by molar-refractivity contribution is 6.31. The van der Waals surface area contributed by atoms with Crippen LogP contribution in [0, 0.1) is 0 Å². The van der Waals surface area contributed by atoms with Crippen LogP contribution in [0.2, 0.25) is 0 Å². The van der Waals surface area contributed by atoms with Gasteiger partial charge in [-0.2, -0.15) is 5.01 Å². The van der Waals surface area contributed by atoms with Gasteiger partial charge in [0.05, 0.1) is 16.6 Å². The molecular weight excluding hydrogens is 290 g/mol. The summed E-state index contributed by atoms with van der Waals surface area (Å²) in [4.78, 5) is 25.4. The van der Waals surface area contributed by atoms with Crippen molar-refractivity contribution in [2.75, 3.05) is 11.6 Å². The minimum Gasteiger partial charge on any atom is -0.330 e. The van der Waals surface area contributed by atoms with E-state index in [4.69, 9.17) is 5.73 Å². The number of aromatic nitrogens is 1. The number of carbonyl (C=O) groups excluding carboxylic acids is 2. The summed E-state index contributed by atoms with van der Waals surface area (Å²) in [6, 6.07) is 14.6. The molecule has 0 spiro atoms. The number of para-hydroxylation sites is 1. The lowest BCUT2D eigenvalue weighted by atomic mass is 10.1. The van der Waals surface area contributed by atoms with E-state index in [2.05, 4.69) is 0 Å². The summed E-state index contributed by atoms with van der Waals surface area (Å²) in [5.74, 6) is -0.601. The monoisotopic (exact) mass is 305 g/mol. The van der Waals surface area contributed by atoms with Crippen molar-refractivity contribution in [3.05, 3.63) is 71.4 Å². The van der Waals surface area contributed by atoms with Crippen LogP contribution in [0.1, 0.15) is 26.3 Å². The van der Waals surface area contributed by atoms with Crippen LogP contribution in [0.4, 0.5) is 0 Å². The molecule has 5 heteroatoms. The maximum Gasteiger partial charge on any atom is 0.281 e. The Labute approximate surface area is 132 Å². The van der Waals surface area contributed by atoms with E-state index in [1.807, 2.05) is 30.5 Å². The predicted octanol–water partition coefficient (Wildman–Crippen LogP) is 2.07. The number of carbonyl (C=O) groups is 2. The smallest absolute Gasteiger partial charge is 0.281 e. The lowest BCUT2D eigenvalue weighted by Crippen LogP contribution is -2.39. The van der Waals surface area contributed by atoms with Crippen LogP contribution >= 0.6 is 0 Å². The normalized spacial score (nSPS) is 13.9. The lowest BCUT2D eigenvalue weighted by molar-refractivity contribution is 0.0888. The van der Waals surface area contributed by atoms with Crippen molar-refractivity contribution in [3.63, 3.8) is 0 Å². The quantitative estimate of drug-likeness (QED) is 0.753. The van der Waals surface area contributed by atoms with Crippen molar-refractivity contribution < 1.29 is 9.59 Å². The lowest BCUT2D eigenvalue weighted by Gasteiger charge is -2.16. The van der Waals surface area contributed by atoms with E-state index < -0.39 is 0 Å². The van der Waals surface area contributed by atoms with E-state index in [9.17, 15) is 9.59 Å². The van der Waals surface area contributed by atoms with Crippen LogP contribution in [0.3, 0.4) is 0 Å². The highest BCUT2D eigenvalue weighted by Gasteiger charge is 2.37. The second kappa shape index (κ2) is 5.07. The molecule has 23 heavy (non-hydrogen) atoms. The minimum absolute atomic E-state index is 0.300. The molecule has 1 aliphatic heterocycles. The molecule has 0 saturated heterocycles. The Morgan fingerprint density at radius 1 is 0.870 bits per heavy atom. The van der Waals surface area contributed by atoms with Gasteiger partial charge in [0.2, 0.25) is 0 Å². The largest absolute Gasteiger partial charge is 0.330 e. The number of imide groups is 1. The molecule has 0 radical (unpaired) electrons. The van der Waals surface area contributed by atoms with E-state index in [1.165, 1.54) is 5.01 Å². The first-order valence-electron chi connectivity index (χ1n) is 7.49. The zero-order valence-electron chi connectivity index (χ0n) is 12.4. The predicted molar refractivity (Wildman–Crippen MR) is 88.0 cm³/mol. The van der Waals surface area contributed by atoms with E-state index in [-0.39, 0.29) is 11.8 Å². The van der Waals surface area contributed by atoms with Crippen molar-refractivity contribution in [2.24, 2.45) is 5.73 Å². The van der Waals surface area contributed by atoms with Gasteiger partial charge >= 0.3 is 0 Å². The average molecular weight is 305 g/mol. The van der Waals surface area contributed by atoms with Crippen molar-refractivity contribution in [1.82, 2.24) is 4.68 Å². The van der Waals surface area contributed by atoms with Crippen molar-refractivity contribution in [1.29, 1.82) is 0 Å². The van der Waals surface area contributed by atoms with Gasteiger partial charge in [-0.1, -0.05) is 30.3 Å². The van der Waals surface area contributed by atoms with Crippen LogP contribution < -0.4 is 10.7 Å². The van der Waals surface area contributed by atoms with Crippen LogP contribution in [0.25, 0.3) is 10.9 Å². The number of amides is 2. The number of hydrogen-bond acceptors (Lipinski definition) is 3. The Balaban J connectivity index is 1.91. The highest BCUT2D eigenvalue weighted by Crippen LogP contribution is 2.27. The molecule has 0 aliphatic carbocycles. The number of nitrogens with two attached hydrogens (primary N) is 1. The van der Waals surface area contributed by atoms with Gasteiger partial charge in [-0.3, -0.25) is 9.59 Å². The number of benzene rings is 2. The maximum absolute atomic E-state index is 12.7. The van der Waals surface area contributed by atoms with Gasteiger partial charge in [0.25, 0.3) is 11.8 Å². The van der Waals surface area contributed by atoms with Crippen molar-refractivity contribution in [3.8, 4) is 0 Å². The van der Waals surface area contributed by atoms with Crippen LogP contribution in [-0.2, 0) is 6.42 Å². The summed E-state index contributed by atoms with van der Waals surface area (Å²) in [7, 11) is 0. The standard InChI is InChI=1S/C18H15N3O2/c19-10-9-12-11-20(16-8-4-3-5-13(12)16)21-17(22)14-6-1-2-7-15(14)18(21)23/h1-8,11H,9-10,19H2.